The molecule has 0 aliphatic heterocycles. The van der Waals surface area contributed by atoms with Crippen LogP contribution in [0.25, 0.3) is 5.65 Å². The first-order chi connectivity index (χ1) is 9.69. The highest BCUT2D eigenvalue weighted by Gasteiger charge is 2.04. The average molecular weight is 277 g/mol. The van der Waals surface area contributed by atoms with Crippen LogP contribution in [0.3, 0.4) is 0 Å². The molecule has 1 amide bonds. The number of carbonyl (C=O) groups is 1. The van der Waals surface area contributed by atoms with Crippen molar-refractivity contribution in [1.29, 1.82) is 0 Å². The van der Waals surface area contributed by atoms with Gasteiger partial charge < -0.3 is 15.4 Å². The molecule has 0 spiro atoms. The van der Waals surface area contributed by atoms with E-state index in [1.807, 2.05) is 25.3 Å². The number of hydrogen-bond acceptors (Lipinski definition) is 5. The Morgan fingerprint density at radius 2 is 2.25 bits per heavy atom. The molecule has 0 atom stereocenters. The molecule has 2 N–H and O–H groups in total. The number of pyridine rings is 1. The maximum absolute atomic E-state index is 11.5. The molecule has 0 fully saturated rings. The largest absolute Gasteiger partial charge is 0.383 e. The van der Waals surface area contributed by atoms with Crippen molar-refractivity contribution in [2.24, 2.45) is 0 Å². The Kier molecular flexibility index (Phi) is 4.89. The summed E-state index contributed by atoms with van der Waals surface area (Å²) < 4.78 is 6.57. The van der Waals surface area contributed by atoms with Crippen LogP contribution in [0, 0.1) is 6.92 Å². The van der Waals surface area contributed by atoms with E-state index in [2.05, 4.69) is 20.7 Å². The summed E-state index contributed by atoms with van der Waals surface area (Å²) in [4.78, 5) is 15.8. The maximum atomic E-state index is 11.5. The van der Waals surface area contributed by atoms with Crippen molar-refractivity contribution in [3.63, 3.8) is 0 Å². The van der Waals surface area contributed by atoms with Crippen LogP contribution in [-0.4, -0.2) is 47.3 Å². The number of hydrogen-bond donors (Lipinski definition) is 2. The van der Waals surface area contributed by atoms with Gasteiger partial charge in [-0.3, -0.25) is 4.79 Å². The third-order valence-electron chi connectivity index (χ3n) is 2.74. The predicted molar refractivity (Wildman–Crippen MR) is 75.7 cm³/mol. The number of carbonyl (C=O) groups excluding carboxylic acids is 1. The zero-order valence-electron chi connectivity index (χ0n) is 11.7. The number of anilines is 1. The third kappa shape index (κ3) is 3.92. The van der Waals surface area contributed by atoms with Gasteiger partial charge in [-0.25, -0.2) is 4.52 Å². The SMILES string of the molecule is COCCNC(=O)CCNc1nc2ccc(C)cn2n1. The zero-order valence-corrected chi connectivity index (χ0v) is 11.7. The van der Waals surface area contributed by atoms with Crippen LogP contribution < -0.4 is 10.6 Å². The van der Waals surface area contributed by atoms with Gasteiger partial charge in [0.25, 0.3) is 0 Å². The Bertz CT molecular complexity index is 581. The highest BCUT2D eigenvalue weighted by Crippen LogP contribution is 2.06. The minimum atomic E-state index is -0.0193. The Morgan fingerprint density at radius 3 is 3.05 bits per heavy atom. The third-order valence-corrected chi connectivity index (χ3v) is 2.74. The molecule has 0 bridgehead atoms. The highest BCUT2D eigenvalue weighted by atomic mass is 16.5. The average Bonchev–Trinajstić information content (AvgIpc) is 2.81. The standard InChI is InChI=1S/C13H19N5O2/c1-10-3-4-11-16-13(17-18(11)9-10)15-6-5-12(19)14-7-8-20-2/h3-4,9H,5-8H2,1-2H3,(H,14,19)(H,15,17). The summed E-state index contributed by atoms with van der Waals surface area (Å²) in [5, 5.41) is 10.1. The van der Waals surface area contributed by atoms with Crippen LogP contribution in [0.1, 0.15) is 12.0 Å². The molecule has 2 heterocycles. The van der Waals surface area contributed by atoms with E-state index in [4.69, 9.17) is 4.74 Å². The van der Waals surface area contributed by atoms with Gasteiger partial charge in [0.15, 0.2) is 5.65 Å². The first-order valence-corrected chi connectivity index (χ1v) is 6.51. The van der Waals surface area contributed by atoms with Gasteiger partial charge >= 0.3 is 0 Å². The fourth-order valence-electron chi connectivity index (χ4n) is 1.73. The Labute approximate surface area is 117 Å². The van der Waals surface area contributed by atoms with Crippen molar-refractivity contribution in [1.82, 2.24) is 19.9 Å². The number of amides is 1. The molecule has 0 unspecified atom stereocenters. The molecule has 20 heavy (non-hydrogen) atoms. The lowest BCUT2D eigenvalue weighted by atomic mass is 10.3. The Morgan fingerprint density at radius 1 is 1.40 bits per heavy atom. The monoisotopic (exact) mass is 277 g/mol. The quantitative estimate of drug-likeness (QED) is 0.724. The van der Waals surface area contributed by atoms with Gasteiger partial charge in [-0.15, -0.1) is 5.10 Å². The molecule has 2 aromatic heterocycles. The second kappa shape index (κ2) is 6.85. The number of fused-ring (bicyclic) bond motifs is 1. The molecule has 0 saturated heterocycles. The molecule has 0 saturated carbocycles. The molecule has 0 aliphatic carbocycles. The molecule has 7 nitrogen and oxygen atoms in total. The zero-order chi connectivity index (χ0) is 14.4. The fourth-order valence-corrected chi connectivity index (χ4v) is 1.73. The van der Waals surface area contributed by atoms with Crippen molar-refractivity contribution >= 4 is 17.5 Å². The second-order valence-electron chi connectivity index (χ2n) is 4.46. The summed E-state index contributed by atoms with van der Waals surface area (Å²) in [6.45, 7) is 3.54. The van der Waals surface area contributed by atoms with Crippen LogP contribution in [0.15, 0.2) is 18.3 Å². The minimum absolute atomic E-state index is 0.0193. The van der Waals surface area contributed by atoms with Gasteiger partial charge in [0, 0.05) is 32.8 Å². The first kappa shape index (κ1) is 14.3. The van der Waals surface area contributed by atoms with Crippen LogP contribution in [0.2, 0.25) is 0 Å². The summed E-state index contributed by atoms with van der Waals surface area (Å²) >= 11 is 0. The van der Waals surface area contributed by atoms with Gasteiger partial charge in [0.1, 0.15) is 0 Å². The number of aryl methyl sites for hydroxylation is 1. The summed E-state index contributed by atoms with van der Waals surface area (Å²) in [5.74, 6) is 0.509. The molecule has 0 aliphatic rings. The number of ether oxygens (including phenoxy) is 1. The molecular weight excluding hydrogens is 258 g/mol. The van der Waals surface area contributed by atoms with Gasteiger partial charge in [0.05, 0.1) is 6.61 Å². The van der Waals surface area contributed by atoms with Gasteiger partial charge in [-0.05, 0) is 18.6 Å². The van der Waals surface area contributed by atoms with E-state index >= 15 is 0 Å². The summed E-state index contributed by atoms with van der Waals surface area (Å²) in [5.41, 5.74) is 1.90. The Hall–Kier alpha value is -2.15. The van der Waals surface area contributed by atoms with Crippen molar-refractivity contribution < 1.29 is 9.53 Å². The number of nitrogens with zero attached hydrogens (tertiary/aromatic N) is 3. The van der Waals surface area contributed by atoms with E-state index in [0.29, 0.717) is 32.1 Å². The lowest BCUT2D eigenvalue weighted by Gasteiger charge is -2.04. The molecule has 0 radical (unpaired) electrons. The van der Waals surface area contributed by atoms with E-state index in [1.165, 1.54) is 0 Å². The smallest absolute Gasteiger partial charge is 0.243 e. The number of methoxy groups -OCH3 is 1. The minimum Gasteiger partial charge on any atom is -0.383 e. The molecule has 108 valence electrons. The van der Waals surface area contributed by atoms with E-state index < -0.39 is 0 Å². The molecule has 0 aromatic carbocycles. The van der Waals surface area contributed by atoms with Crippen molar-refractivity contribution in [3.05, 3.63) is 23.9 Å². The molecule has 2 aromatic rings. The van der Waals surface area contributed by atoms with Crippen molar-refractivity contribution in [2.45, 2.75) is 13.3 Å². The molecule has 2 rings (SSSR count). The van der Waals surface area contributed by atoms with Crippen LogP contribution in [-0.2, 0) is 9.53 Å². The number of rotatable bonds is 7. The summed E-state index contributed by atoms with van der Waals surface area (Å²) in [6, 6.07) is 3.89. The van der Waals surface area contributed by atoms with Gasteiger partial charge in [0.2, 0.25) is 11.9 Å². The van der Waals surface area contributed by atoms with E-state index in [9.17, 15) is 4.79 Å². The molecule has 7 heteroatoms. The second-order valence-corrected chi connectivity index (χ2v) is 4.46. The predicted octanol–water partition coefficient (Wildman–Crippen LogP) is 0.602. The molecular formula is C13H19N5O2. The lowest BCUT2D eigenvalue weighted by molar-refractivity contribution is -0.121. The van der Waals surface area contributed by atoms with E-state index in [-0.39, 0.29) is 5.91 Å². The summed E-state index contributed by atoms with van der Waals surface area (Å²) in [6.07, 6.45) is 2.28. The highest BCUT2D eigenvalue weighted by molar-refractivity contribution is 5.76. The Balaban J connectivity index is 1.79. The van der Waals surface area contributed by atoms with Gasteiger partial charge in [-0.2, -0.15) is 4.98 Å². The lowest BCUT2D eigenvalue weighted by Crippen LogP contribution is -2.28. The van der Waals surface area contributed by atoms with Gasteiger partial charge in [-0.1, -0.05) is 6.07 Å². The van der Waals surface area contributed by atoms with Crippen molar-refractivity contribution in [3.8, 4) is 0 Å². The topological polar surface area (TPSA) is 80.5 Å². The fraction of sp³-hybridized carbons (Fsp3) is 0.462. The maximum Gasteiger partial charge on any atom is 0.243 e. The normalized spacial score (nSPS) is 10.7. The number of aromatic nitrogens is 3. The van der Waals surface area contributed by atoms with Crippen LogP contribution in [0.4, 0.5) is 5.95 Å². The van der Waals surface area contributed by atoms with Crippen molar-refractivity contribution in [2.75, 3.05) is 32.1 Å². The van der Waals surface area contributed by atoms with Crippen LogP contribution in [0.5, 0.6) is 0 Å². The number of nitrogens with one attached hydrogen (secondary N) is 2. The summed E-state index contributed by atoms with van der Waals surface area (Å²) in [7, 11) is 1.60. The van der Waals surface area contributed by atoms with E-state index in [0.717, 1.165) is 11.2 Å². The van der Waals surface area contributed by atoms with Crippen LogP contribution >= 0.6 is 0 Å². The van der Waals surface area contributed by atoms with E-state index in [1.54, 1.807) is 11.6 Å². The first-order valence-electron chi connectivity index (χ1n) is 6.51.